The molecule has 1 aliphatic heterocycles. The van der Waals surface area contributed by atoms with E-state index < -0.39 is 0 Å². The molecule has 0 atom stereocenters. The smallest absolute Gasteiger partial charge is 0.226 e. The molecule has 1 saturated heterocycles. The number of carbonyl (C=O) groups is 1. The molecule has 2 rings (SSSR count). The van der Waals surface area contributed by atoms with Crippen molar-refractivity contribution in [2.45, 2.75) is 25.7 Å². The summed E-state index contributed by atoms with van der Waals surface area (Å²) in [6, 6.07) is 7.97. The number of benzene rings is 1. The van der Waals surface area contributed by atoms with Crippen LogP contribution >= 0.6 is 15.9 Å². The fraction of sp³-hybridized carbons (Fsp3) is 0.533. The normalized spacial score (nSPS) is 16.6. The number of halogens is 1. The lowest BCUT2D eigenvalue weighted by Crippen LogP contribution is -2.39. The molecule has 1 aromatic rings. The summed E-state index contributed by atoms with van der Waals surface area (Å²) in [7, 11) is 0. The van der Waals surface area contributed by atoms with E-state index >= 15 is 0 Å². The van der Waals surface area contributed by atoms with Crippen LogP contribution in [0.4, 0.5) is 0 Å². The Morgan fingerprint density at radius 3 is 2.74 bits per heavy atom. The highest BCUT2D eigenvalue weighted by molar-refractivity contribution is 9.10. The van der Waals surface area contributed by atoms with E-state index in [1.54, 1.807) is 0 Å². The fourth-order valence-corrected chi connectivity index (χ4v) is 3.09. The van der Waals surface area contributed by atoms with E-state index in [0.717, 1.165) is 48.9 Å². The lowest BCUT2D eigenvalue weighted by atomic mass is 9.93. The third kappa shape index (κ3) is 4.32. The summed E-state index contributed by atoms with van der Waals surface area (Å²) < 4.78 is 1.03. The second-order valence-electron chi connectivity index (χ2n) is 5.21. The lowest BCUT2D eigenvalue weighted by Gasteiger charge is -2.32. The van der Waals surface area contributed by atoms with E-state index in [1.807, 2.05) is 29.2 Å². The van der Waals surface area contributed by atoms with Crippen LogP contribution in [0.15, 0.2) is 28.7 Å². The topological polar surface area (TPSA) is 46.3 Å². The number of piperidine rings is 1. The average molecular weight is 325 g/mol. The van der Waals surface area contributed by atoms with Gasteiger partial charge in [-0.15, -0.1) is 0 Å². The summed E-state index contributed by atoms with van der Waals surface area (Å²) in [4.78, 5) is 14.2. The second-order valence-corrected chi connectivity index (χ2v) is 6.12. The molecule has 1 heterocycles. The number of hydrogen-bond acceptors (Lipinski definition) is 2. The summed E-state index contributed by atoms with van der Waals surface area (Å²) in [5.41, 5.74) is 6.66. The van der Waals surface area contributed by atoms with Crippen LogP contribution in [-0.2, 0) is 11.2 Å². The minimum atomic E-state index is 0.240. The van der Waals surface area contributed by atoms with Gasteiger partial charge >= 0.3 is 0 Å². The number of likely N-dealkylation sites (tertiary alicyclic amines) is 1. The molecule has 0 aromatic heterocycles. The zero-order valence-electron chi connectivity index (χ0n) is 11.1. The van der Waals surface area contributed by atoms with Crippen molar-refractivity contribution in [1.82, 2.24) is 4.90 Å². The van der Waals surface area contributed by atoms with Gasteiger partial charge in [0.25, 0.3) is 0 Å². The Hall–Kier alpha value is -0.870. The van der Waals surface area contributed by atoms with Crippen molar-refractivity contribution in [3.05, 3.63) is 34.3 Å². The van der Waals surface area contributed by atoms with Crippen molar-refractivity contribution in [1.29, 1.82) is 0 Å². The van der Waals surface area contributed by atoms with E-state index in [9.17, 15) is 4.79 Å². The van der Waals surface area contributed by atoms with E-state index in [0.29, 0.717) is 12.3 Å². The molecule has 0 radical (unpaired) electrons. The van der Waals surface area contributed by atoms with Gasteiger partial charge in [0.05, 0.1) is 6.42 Å². The SMILES string of the molecule is NCCC1CCN(C(=O)Cc2cccc(Br)c2)CC1. The molecule has 4 heteroatoms. The predicted molar refractivity (Wildman–Crippen MR) is 80.8 cm³/mol. The van der Waals surface area contributed by atoms with Crippen LogP contribution in [0.5, 0.6) is 0 Å². The largest absolute Gasteiger partial charge is 0.342 e. The van der Waals surface area contributed by atoms with Gasteiger partial charge in [0.1, 0.15) is 0 Å². The molecule has 3 nitrogen and oxygen atoms in total. The van der Waals surface area contributed by atoms with Gasteiger partial charge in [0.15, 0.2) is 0 Å². The van der Waals surface area contributed by atoms with E-state index in [1.165, 1.54) is 0 Å². The van der Waals surface area contributed by atoms with Crippen LogP contribution in [-0.4, -0.2) is 30.4 Å². The summed E-state index contributed by atoms with van der Waals surface area (Å²) in [6.07, 6.45) is 3.79. The molecule has 1 fully saturated rings. The van der Waals surface area contributed by atoms with Crippen molar-refractivity contribution in [2.75, 3.05) is 19.6 Å². The summed E-state index contributed by atoms with van der Waals surface area (Å²) >= 11 is 3.44. The summed E-state index contributed by atoms with van der Waals surface area (Å²) in [5.74, 6) is 0.948. The summed E-state index contributed by atoms with van der Waals surface area (Å²) in [5, 5.41) is 0. The number of amides is 1. The molecule has 0 spiro atoms. The Kier molecular flexibility index (Phi) is 5.40. The van der Waals surface area contributed by atoms with Crippen LogP contribution in [0.3, 0.4) is 0 Å². The van der Waals surface area contributed by atoms with E-state index in [-0.39, 0.29) is 5.91 Å². The molecule has 1 amide bonds. The minimum Gasteiger partial charge on any atom is -0.342 e. The van der Waals surface area contributed by atoms with Crippen molar-refractivity contribution in [3.63, 3.8) is 0 Å². The average Bonchev–Trinajstić information content (AvgIpc) is 2.40. The van der Waals surface area contributed by atoms with Crippen molar-refractivity contribution in [2.24, 2.45) is 11.7 Å². The first-order chi connectivity index (χ1) is 9.19. The standard InChI is InChI=1S/C15H21BrN2O/c16-14-3-1-2-13(10-14)11-15(19)18-8-5-12(4-7-17)6-9-18/h1-3,10,12H,4-9,11,17H2. The van der Waals surface area contributed by atoms with E-state index in [4.69, 9.17) is 5.73 Å². The van der Waals surface area contributed by atoms with Crippen molar-refractivity contribution >= 4 is 21.8 Å². The third-order valence-corrected chi connectivity index (χ3v) is 4.28. The molecule has 0 saturated carbocycles. The molecule has 0 aliphatic carbocycles. The van der Waals surface area contributed by atoms with Gasteiger partial charge in [0.2, 0.25) is 5.91 Å². The van der Waals surface area contributed by atoms with Gasteiger partial charge < -0.3 is 10.6 Å². The first kappa shape index (κ1) is 14.5. The fourth-order valence-electron chi connectivity index (χ4n) is 2.64. The van der Waals surface area contributed by atoms with Gasteiger partial charge in [-0.05, 0) is 49.4 Å². The van der Waals surface area contributed by atoms with Crippen LogP contribution in [0.25, 0.3) is 0 Å². The molecule has 1 aromatic carbocycles. The van der Waals surface area contributed by atoms with Gasteiger partial charge in [-0.3, -0.25) is 4.79 Å². The quantitative estimate of drug-likeness (QED) is 0.925. The van der Waals surface area contributed by atoms with E-state index in [2.05, 4.69) is 15.9 Å². The Morgan fingerprint density at radius 2 is 2.11 bits per heavy atom. The lowest BCUT2D eigenvalue weighted by molar-refractivity contribution is -0.131. The Bertz CT molecular complexity index is 428. The Morgan fingerprint density at radius 1 is 1.37 bits per heavy atom. The number of carbonyl (C=O) groups excluding carboxylic acids is 1. The number of hydrogen-bond donors (Lipinski definition) is 1. The second kappa shape index (κ2) is 7.06. The summed E-state index contributed by atoms with van der Waals surface area (Å²) in [6.45, 7) is 2.53. The molecule has 0 unspecified atom stereocenters. The van der Waals surface area contributed by atoms with Crippen molar-refractivity contribution < 1.29 is 4.79 Å². The highest BCUT2D eigenvalue weighted by Gasteiger charge is 2.22. The number of nitrogens with two attached hydrogens (primary N) is 1. The van der Waals surface area contributed by atoms with Crippen LogP contribution < -0.4 is 5.73 Å². The van der Waals surface area contributed by atoms with Gasteiger partial charge in [-0.25, -0.2) is 0 Å². The maximum absolute atomic E-state index is 12.2. The molecular formula is C15H21BrN2O. The molecule has 19 heavy (non-hydrogen) atoms. The first-order valence-electron chi connectivity index (χ1n) is 6.91. The monoisotopic (exact) mass is 324 g/mol. The highest BCUT2D eigenvalue weighted by atomic mass is 79.9. The van der Waals surface area contributed by atoms with Gasteiger partial charge in [0, 0.05) is 17.6 Å². The number of nitrogens with zero attached hydrogens (tertiary/aromatic N) is 1. The van der Waals surface area contributed by atoms with Gasteiger partial charge in [-0.2, -0.15) is 0 Å². The van der Waals surface area contributed by atoms with Crippen LogP contribution in [0.1, 0.15) is 24.8 Å². The molecule has 0 bridgehead atoms. The molecule has 104 valence electrons. The molecular weight excluding hydrogens is 304 g/mol. The maximum Gasteiger partial charge on any atom is 0.226 e. The Balaban J connectivity index is 1.84. The minimum absolute atomic E-state index is 0.240. The molecule has 2 N–H and O–H groups in total. The first-order valence-corrected chi connectivity index (χ1v) is 7.70. The van der Waals surface area contributed by atoms with Crippen LogP contribution in [0.2, 0.25) is 0 Å². The van der Waals surface area contributed by atoms with Crippen LogP contribution in [0, 0.1) is 5.92 Å². The highest BCUT2D eigenvalue weighted by Crippen LogP contribution is 2.21. The maximum atomic E-state index is 12.2. The Labute approximate surface area is 123 Å². The molecule has 1 aliphatic rings. The third-order valence-electron chi connectivity index (χ3n) is 3.79. The zero-order chi connectivity index (χ0) is 13.7. The number of rotatable bonds is 4. The zero-order valence-corrected chi connectivity index (χ0v) is 12.7. The predicted octanol–water partition coefficient (Wildman–Crippen LogP) is 2.58. The van der Waals surface area contributed by atoms with Crippen molar-refractivity contribution in [3.8, 4) is 0 Å². The van der Waals surface area contributed by atoms with Gasteiger partial charge in [-0.1, -0.05) is 28.1 Å².